The number of unbranched alkanes of at least 4 members (excludes halogenated alkanes) is 1. The molecule has 6 aromatic rings. The Balaban J connectivity index is 1.17. The molecule has 4 aromatic carbocycles. The Morgan fingerprint density at radius 3 is 1.52 bits per heavy atom. The van der Waals surface area contributed by atoms with Gasteiger partial charge in [0.1, 0.15) is 60.1 Å². The summed E-state index contributed by atoms with van der Waals surface area (Å²) in [6, 6.07) is 14.2. The summed E-state index contributed by atoms with van der Waals surface area (Å²) < 4.78 is 0. The smallest absolute Gasteiger partial charge is 0.245 e. The number of primary amides is 1. The minimum absolute atomic E-state index is 0.0115. The van der Waals surface area contributed by atoms with Crippen LogP contribution in [0.25, 0.3) is 21.8 Å². The van der Waals surface area contributed by atoms with Crippen molar-refractivity contribution in [3.05, 3.63) is 137 Å². The van der Waals surface area contributed by atoms with Gasteiger partial charge in [0.05, 0.1) is 13.2 Å². The number of hydrogen-bond acceptors (Lipinski definition) is 15. The molecule has 9 atom stereocenters. The van der Waals surface area contributed by atoms with Gasteiger partial charge in [-0.25, -0.2) is 0 Å². The summed E-state index contributed by atoms with van der Waals surface area (Å²) in [5, 5.41) is 54.0. The number of likely N-dealkylation sites (tertiary alicyclic amines) is 1. The highest BCUT2D eigenvalue weighted by Crippen LogP contribution is 2.24. The second kappa shape index (κ2) is 42.2. The number of halogens is 1. The number of carbonyl (C=O) groups excluding carboxylic acids is 11. The van der Waals surface area contributed by atoms with E-state index in [2.05, 4.69) is 78.4 Å². The Bertz CT molecular complexity index is 4120. The van der Waals surface area contributed by atoms with Crippen LogP contribution >= 0.6 is 11.6 Å². The molecule has 0 bridgehead atoms. The molecule has 582 valence electrons. The van der Waals surface area contributed by atoms with Gasteiger partial charge in [-0.3, -0.25) is 62.7 Å². The van der Waals surface area contributed by atoms with Crippen molar-refractivity contribution in [3.63, 3.8) is 0 Å². The molecule has 7 rings (SSSR count). The van der Waals surface area contributed by atoms with Gasteiger partial charge in [-0.05, 0) is 130 Å². The number of hydrogen-bond donors (Lipinski definition) is 18. The number of aromatic hydroxyl groups is 1. The van der Waals surface area contributed by atoms with Crippen LogP contribution in [0, 0.1) is 5.92 Å². The van der Waals surface area contributed by atoms with Gasteiger partial charge in [-0.2, -0.15) is 0 Å². The monoisotopic (exact) mass is 1510 g/mol. The number of aromatic amines is 2. The molecule has 0 spiro atoms. The number of nitrogens with zero attached hydrogens (tertiary/aromatic N) is 3. The maximum Gasteiger partial charge on any atom is 0.245 e. The molecule has 0 unspecified atom stereocenters. The normalized spacial score (nSPS) is 14.8. The molecule has 108 heavy (non-hydrogen) atoms. The molecule has 32 nitrogen and oxygen atoms in total. The van der Waals surface area contributed by atoms with Crippen molar-refractivity contribution >= 4 is 110 Å². The third kappa shape index (κ3) is 26.0. The number of benzene rings is 4. The van der Waals surface area contributed by atoms with Crippen LogP contribution in [0.2, 0.25) is 5.02 Å². The molecule has 1 aliphatic rings. The number of carbonyl (C=O) groups is 11. The van der Waals surface area contributed by atoms with Crippen LogP contribution in [0.1, 0.15) is 108 Å². The van der Waals surface area contributed by atoms with Crippen molar-refractivity contribution in [2.24, 2.45) is 33.1 Å². The van der Waals surface area contributed by atoms with Crippen LogP contribution in [0.15, 0.2) is 119 Å². The first-order valence-electron chi connectivity index (χ1n) is 36.3. The van der Waals surface area contributed by atoms with E-state index < -0.39 is 133 Å². The molecular formula is C75H102ClN19O13. The fraction of sp³-hybridized carbons (Fsp3) is 0.453. The van der Waals surface area contributed by atoms with Gasteiger partial charge in [0.15, 0.2) is 11.9 Å². The molecule has 1 aliphatic heterocycles. The second-order valence-electron chi connectivity index (χ2n) is 26.9. The van der Waals surface area contributed by atoms with E-state index in [1.807, 2.05) is 38.1 Å². The molecule has 2 aromatic heterocycles. The van der Waals surface area contributed by atoms with E-state index in [0.29, 0.717) is 70.1 Å². The van der Waals surface area contributed by atoms with Crippen molar-refractivity contribution in [1.29, 1.82) is 0 Å². The Morgan fingerprint density at radius 2 is 1.00 bits per heavy atom. The van der Waals surface area contributed by atoms with Crippen LogP contribution in [0.5, 0.6) is 5.75 Å². The van der Waals surface area contributed by atoms with Gasteiger partial charge in [-0.15, -0.1) is 0 Å². The van der Waals surface area contributed by atoms with E-state index in [1.165, 1.54) is 36.1 Å². The number of amides is 11. The molecule has 0 radical (unpaired) electrons. The zero-order chi connectivity index (χ0) is 78.4. The SMILES string of the molecule is CCNC(=NCCCC[C@@H](NC(=O)[C@H](Cc1ccc(O)cc1)NC(=O)[C@H](CO)NC(=O)[C@@H](Cc1c[nH]c2ccccc12)NC(=O)[C@@H](Cc1ccc(Cl)cc1)NC(=O)[C@@H](Cc1c[nH]c2ccccc12)NC(C)=O)C(=O)N[C@@H](CC(C)C)C(=O)N[C@@H](CCCN=C(N)N)C(=O)N1CCC[C@H]1C(=O)NCC(N)=O)NCC. The van der Waals surface area contributed by atoms with Crippen LogP contribution in [0.4, 0.5) is 0 Å². The fourth-order valence-corrected chi connectivity index (χ4v) is 12.8. The molecule has 0 saturated carbocycles. The molecule has 3 heterocycles. The number of nitrogens with one attached hydrogen (secondary N) is 13. The van der Waals surface area contributed by atoms with Gasteiger partial charge in [-0.1, -0.05) is 86.1 Å². The first-order chi connectivity index (χ1) is 51.7. The Morgan fingerprint density at radius 1 is 0.546 bits per heavy atom. The summed E-state index contributed by atoms with van der Waals surface area (Å²) >= 11 is 6.28. The summed E-state index contributed by atoms with van der Waals surface area (Å²) in [4.78, 5) is 173. The third-order valence-electron chi connectivity index (χ3n) is 18.0. The van der Waals surface area contributed by atoms with E-state index in [-0.39, 0.29) is 101 Å². The highest BCUT2D eigenvalue weighted by atomic mass is 35.5. The van der Waals surface area contributed by atoms with Crippen molar-refractivity contribution in [3.8, 4) is 5.75 Å². The van der Waals surface area contributed by atoms with E-state index in [4.69, 9.17) is 28.8 Å². The molecular weight excluding hydrogens is 1410 g/mol. The van der Waals surface area contributed by atoms with Gasteiger partial charge in [0, 0.05) is 105 Å². The number of rotatable bonds is 41. The minimum atomic E-state index is -1.83. The second-order valence-corrected chi connectivity index (χ2v) is 27.4. The first-order valence-corrected chi connectivity index (χ1v) is 36.7. The largest absolute Gasteiger partial charge is 0.508 e. The first kappa shape index (κ1) is 84.0. The lowest BCUT2D eigenvalue weighted by atomic mass is 10.00. The van der Waals surface area contributed by atoms with Crippen LogP contribution in [-0.2, 0) is 78.4 Å². The third-order valence-corrected chi connectivity index (χ3v) is 18.3. The van der Waals surface area contributed by atoms with Gasteiger partial charge in [0.25, 0.3) is 0 Å². The summed E-state index contributed by atoms with van der Waals surface area (Å²) in [6.45, 7) is 8.83. The summed E-state index contributed by atoms with van der Waals surface area (Å²) in [6.07, 6.45) is 4.25. The number of aromatic nitrogens is 2. The van der Waals surface area contributed by atoms with E-state index in [1.54, 1.807) is 74.8 Å². The predicted molar refractivity (Wildman–Crippen MR) is 409 cm³/mol. The molecule has 11 amide bonds. The lowest BCUT2D eigenvalue weighted by molar-refractivity contribution is -0.142. The lowest BCUT2D eigenvalue weighted by Gasteiger charge is -2.30. The number of phenolic OH excluding ortho intramolecular Hbond substituents is 1. The molecule has 1 fully saturated rings. The number of H-pyrrole nitrogens is 2. The number of fused-ring (bicyclic) bond motifs is 2. The van der Waals surface area contributed by atoms with Crippen molar-refractivity contribution < 1.29 is 63.0 Å². The molecule has 0 aliphatic carbocycles. The van der Waals surface area contributed by atoms with Gasteiger partial charge < -0.3 is 101 Å². The maximum atomic E-state index is 15.2. The summed E-state index contributed by atoms with van der Waals surface area (Å²) in [7, 11) is 0. The average molecular weight is 1510 g/mol. The van der Waals surface area contributed by atoms with Crippen LogP contribution in [-0.4, -0.2) is 202 Å². The molecule has 1 saturated heterocycles. The van der Waals surface area contributed by atoms with Crippen LogP contribution in [0.3, 0.4) is 0 Å². The van der Waals surface area contributed by atoms with Crippen molar-refractivity contribution in [2.75, 3.05) is 45.9 Å². The topological polar surface area (TPSA) is 498 Å². The van der Waals surface area contributed by atoms with Crippen LogP contribution < -0.4 is 75.7 Å². The standard InChI is InChI=1S/C75H102ClN19O13/c1-6-80-75(81-7-2)83-31-13-12-20-55(65(100)90-57(34-43(3)4)66(101)89-56(21-14-32-82-74(78)79)73(108)95-33-15-22-63(95)72(107)86-41-64(77)99)88-67(102)58(36-46-25-29-50(98)30-26-46)92-71(106)62(42-96)94-70(105)61(38-48-40-85-54-19-11-9-17-52(48)54)93-68(103)59(35-45-23-27-49(76)28-24-45)91-69(104)60(87-44(5)97)37-47-39-84-53-18-10-8-16-51(47)53/h8-11,16-19,23-30,39-40,43,55-63,84-85,96,98H,6-7,12-15,20-22,31-38,41-42H2,1-5H3,(H2,77,99)(H,86,107)(H,87,97)(H,88,102)(H,89,101)(H,90,100)(H,91,104)(H,92,106)(H,93,103)(H,94,105)(H4,78,79,82)(H2,80,81,83)/t55-,56+,57+,58+,59-,60-,61-,62+,63+/m1/s1. The minimum Gasteiger partial charge on any atom is -0.508 e. The number of aliphatic hydroxyl groups excluding tert-OH is 1. The summed E-state index contributed by atoms with van der Waals surface area (Å²) in [5.74, 6) is -8.77. The Kier molecular flexibility index (Phi) is 32.8. The van der Waals surface area contributed by atoms with E-state index >= 15 is 19.2 Å². The quantitative estimate of drug-likeness (QED) is 0.0142. The number of aliphatic hydroxyl groups is 1. The number of nitrogens with two attached hydrogens (primary N) is 3. The molecule has 21 N–H and O–H groups in total. The number of phenols is 1. The number of para-hydroxylation sites is 2. The van der Waals surface area contributed by atoms with Gasteiger partial charge in [0.2, 0.25) is 65.0 Å². The van der Waals surface area contributed by atoms with Crippen molar-refractivity contribution in [1.82, 2.24) is 73.4 Å². The lowest BCUT2D eigenvalue weighted by Crippen LogP contribution is -2.61. The highest BCUT2D eigenvalue weighted by molar-refractivity contribution is 6.30. The predicted octanol–water partition coefficient (Wildman–Crippen LogP) is 0.607. The zero-order valence-electron chi connectivity index (χ0n) is 61.4. The van der Waals surface area contributed by atoms with Crippen molar-refractivity contribution in [2.45, 2.75) is 166 Å². The fourth-order valence-electron chi connectivity index (χ4n) is 12.6. The van der Waals surface area contributed by atoms with E-state index in [9.17, 15) is 43.8 Å². The Labute approximate surface area is 631 Å². The summed E-state index contributed by atoms with van der Waals surface area (Å²) in [5.41, 5.74) is 20.2. The molecule has 33 heteroatoms. The number of aliphatic imine (C=N–C) groups is 2. The van der Waals surface area contributed by atoms with E-state index in [0.717, 1.165) is 10.9 Å². The Hall–Kier alpha value is -11.3. The van der Waals surface area contributed by atoms with Gasteiger partial charge >= 0.3 is 0 Å². The highest BCUT2D eigenvalue weighted by Gasteiger charge is 2.40. The average Bonchev–Trinajstić information content (AvgIpc) is 1.66. The maximum absolute atomic E-state index is 15.2. The zero-order valence-corrected chi connectivity index (χ0v) is 62.2. The number of guanidine groups is 2.